The van der Waals surface area contributed by atoms with E-state index in [0.29, 0.717) is 6.61 Å². The number of unbranched alkanes of at least 4 members (excludes halogenated alkanes) is 8. The highest BCUT2D eigenvalue weighted by Gasteiger charge is 2.44. The first-order valence-corrected chi connectivity index (χ1v) is 10.6. The Hall–Kier alpha value is -0.240. The van der Waals surface area contributed by atoms with E-state index in [1.54, 1.807) is 0 Å². The molecule has 0 aromatic heterocycles. The second-order valence-corrected chi connectivity index (χ2v) is 7.39. The molecule has 0 unspecified atom stereocenters. The van der Waals surface area contributed by atoms with Crippen LogP contribution in [0.25, 0.3) is 0 Å². The molecule has 6 heteroatoms. The van der Waals surface area contributed by atoms with Crippen LogP contribution in [0.2, 0.25) is 0 Å². The van der Waals surface area contributed by atoms with Gasteiger partial charge in [0.2, 0.25) is 0 Å². The van der Waals surface area contributed by atoms with Crippen LogP contribution in [-0.2, 0) is 9.47 Å². The highest BCUT2D eigenvalue weighted by atomic mass is 16.7. The fourth-order valence-corrected chi connectivity index (χ4v) is 3.34. The van der Waals surface area contributed by atoms with Crippen LogP contribution in [-0.4, -0.2) is 65.7 Å². The number of nitrogens with one attached hydrogen (secondary N) is 1. The molecule has 156 valence electrons. The molecule has 1 rings (SSSR count). The topological polar surface area (TPSA) is 91.2 Å². The summed E-state index contributed by atoms with van der Waals surface area (Å²) in [6.07, 6.45) is 8.35. The molecular weight excluding hydrogens is 334 g/mol. The average molecular weight is 376 g/mol. The lowest BCUT2D eigenvalue weighted by Crippen LogP contribution is -2.64. The lowest BCUT2D eigenvalue weighted by molar-refractivity contribution is -0.279. The molecule has 4 N–H and O–H groups in total. The highest BCUT2D eigenvalue weighted by Crippen LogP contribution is 2.22. The van der Waals surface area contributed by atoms with Gasteiger partial charge < -0.3 is 30.1 Å². The molecule has 0 amide bonds. The predicted octanol–water partition coefficient (Wildman–Crippen LogP) is 2.34. The predicted molar refractivity (Wildman–Crippen MR) is 103 cm³/mol. The number of aliphatic hydroxyl groups excluding tert-OH is 3. The van der Waals surface area contributed by atoms with Gasteiger partial charge >= 0.3 is 0 Å². The van der Waals surface area contributed by atoms with Crippen molar-refractivity contribution in [3.8, 4) is 0 Å². The Morgan fingerprint density at radius 2 is 1.46 bits per heavy atom. The number of rotatable bonds is 15. The summed E-state index contributed by atoms with van der Waals surface area (Å²) in [5.74, 6) is 0. The molecule has 0 bridgehead atoms. The molecule has 1 aliphatic rings. The van der Waals surface area contributed by atoms with Crippen molar-refractivity contribution in [2.75, 3.05) is 19.8 Å². The van der Waals surface area contributed by atoms with E-state index in [2.05, 4.69) is 19.2 Å². The van der Waals surface area contributed by atoms with Crippen molar-refractivity contribution in [1.82, 2.24) is 5.32 Å². The van der Waals surface area contributed by atoms with Crippen LogP contribution < -0.4 is 5.32 Å². The second kappa shape index (κ2) is 14.8. The van der Waals surface area contributed by atoms with Crippen molar-refractivity contribution >= 4 is 0 Å². The summed E-state index contributed by atoms with van der Waals surface area (Å²) in [7, 11) is 0. The summed E-state index contributed by atoms with van der Waals surface area (Å²) in [5, 5.41) is 33.5. The van der Waals surface area contributed by atoms with Gasteiger partial charge in [0.25, 0.3) is 0 Å². The van der Waals surface area contributed by atoms with Crippen LogP contribution in [0.4, 0.5) is 0 Å². The zero-order chi connectivity index (χ0) is 19.2. The second-order valence-electron chi connectivity index (χ2n) is 7.39. The summed E-state index contributed by atoms with van der Waals surface area (Å²) >= 11 is 0. The third kappa shape index (κ3) is 8.63. The smallest absolute Gasteiger partial charge is 0.185 e. The van der Waals surface area contributed by atoms with Gasteiger partial charge in [-0.15, -0.1) is 0 Å². The van der Waals surface area contributed by atoms with Crippen molar-refractivity contribution < 1.29 is 24.8 Å². The highest BCUT2D eigenvalue weighted by molar-refractivity contribution is 4.94. The molecule has 0 saturated carbocycles. The maximum Gasteiger partial charge on any atom is 0.185 e. The van der Waals surface area contributed by atoms with Gasteiger partial charge in [0, 0.05) is 6.61 Å². The Morgan fingerprint density at radius 3 is 2.08 bits per heavy atom. The molecule has 6 nitrogen and oxygen atoms in total. The minimum atomic E-state index is -0.949. The van der Waals surface area contributed by atoms with Crippen LogP contribution in [0.5, 0.6) is 0 Å². The first kappa shape index (κ1) is 23.8. The first-order chi connectivity index (χ1) is 12.7. The van der Waals surface area contributed by atoms with E-state index in [1.165, 1.54) is 38.5 Å². The van der Waals surface area contributed by atoms with Crippen molar-refractivity contribution in [3.05, 3.63) is 0 Å². The fourth-order valence-electron chi connectivity index (χ4n) is 3.34. The molecule has 0 aliphatic carbocycles. The van der Waals surface area contributed by atoms with Crippen LogP contribution in [0.1, 0.15) is 78.1 Å². The van der Waals surface area contributed by atoms with Crippen molar-refractivity contribution in [2.24, 2.45) is 0 Å². The Morgan fingerprint density at radius 1 is 0.846 bits per heavy atom. The number of aliphatic hydroxyl groups is 3. The van der Waals surface area contributed by atoms with E-state index >= 15 is 0 Å². The summed E-state index contributed by atoms with van der Waals surface area (Å²) in [5.41, 5.74) is 0. The minimum Gasteiger partial charge on any atom is -0.394 e. The normalized spacial score (nSPS) is 29.2. The summed E-state index contributed by atoms with van der Waals surface area (Å²) in [6.45, 7) is 5.23. The van der Waals surface area contributed by atoms with Gasteiger partial charge in [-0.05, 0) is 19.4 Å². The number of hydrogen-bond donors (Lipinski definition) is 4. The van der Waals surface area contributed by atoms with Crippen LogP contribution in [0.3, 0.4) is 0 Å². The molecule has 26 heavy (non-hydrogen) atoms. The van der Waals surface area contributed by atoms with Gasteiger partial charge in [-0.2, -0.15) is 0 Å². The molecule has 0 aromatic carbocycles. The van der Waals surface area contributed by atoms with Gasteiger partial charge in [0.05, 0.1) is 12.6 Å². The summed E-state index contributed by atoms with van der Waals surface area (Å²) in [6, 6.07) is -0.544. The molecule has 0 radical (unpaired) electrons. The Kier molecular flexibility index (Phi) is 13.5. The Balaban J connectivity index is 2.30. The Bertz CT molecular complexity index is 331. The average Bonchev–Trinajstić information content (AvgIpc) is 2.64. The standard InChI is InChI=1S/C20H41NO5/c1-3-5-7-8-9-10-11-12-13-21-17-18(23)16(15-22)26-20(19(17)24)25-14-6-4-2/h16-24H,3-15H2,1-2H3/t16-,17-,18-,19-,20+/m1/s1. The Labute approximate surface area is 159 Å². The van der Waals surface area contributed by atoms with E-state index in [-0.39, 0.29) is 6.61 Å². The zero-order valence-electron chi connectivity index (χ0n) is 16.7. The molecule has 5 atom stereocenters. The van der Waals surface area contributed by atoms with E-state index < -0.39 is 30.6 Å². The molecule has 0 spiro atoms. The van der Waals surface area contributed by atoms with E-state index in [1.807, 2.05) is 0 Å². The maximum atomic E-state index is 10.5. The largest absolute Gasteiger partial charge is 0.394 e. The third-order valence-electron chi connectivity index (χ3n) is 5.07. The quantitative estimate of drug-likeness (QED) is 0.329. The van der Waals surface area contributed by atoms with E-state index in [4.69, 9.17) is 9.47 Å². The maximum absolute atomic E-state index is 10.5. The molecular formula is C20H41NO5. The number of ether oxygens (including phenoxy) is 2. The monoisotopic (exact) mass is 375 g/mol. The fraction of sp³-hybridized carbons (Fsp3) is 1.00. The van der Waals surface area contributed by atoms with Gasteiger partial charge in [-0.1, -0.05) is 65.2 Å². The summed E-state index contributed by atoms with van der Waals surface area (Å²) < 4.78 is 11.1. The third-order valence-corrected chi connectivity index (χ3v) is 5.07. The lowest BCUT2D eigenvalue weighted by atomic mass is 9.96. The van der Waals surface area contributed by atoms with Crippen LogP contribution in [0, 0.1) is 0 Å². The molecule has 1 saturated heterocycles. The van der Waals surface area contributed by atoms with Crippen molar-refractivity contribution in [2.45, 2.75) is 109 Å². The van der Waals surface area contributed by atoms with E-state index in [0.717, 1.165) is 32.2 Å². The van der Waals surface area contributed by atoms with Crippen molar-refractivity contribution in [3.63, 3.8) is 0 Å². The molecule has 1 heterocycles. The minimum absolute atomic E-state index is 0.294. The first-order valence-electron chi connectivity index (χ1n) is 10.6. The molecule has 0 aromatic rings. The molecule has 1 aliphatic heterocycles. The van der Waals surface area contributed by atoms with Gasteiger partial charge in [-0.25, -0.2) is 0 Å². The van der Waals surface area contributed by atoms with Crippen molar-refractivity contribution in [1.29, 1.82) is 0 Å². The SMILES string of the molecule is CCCCCCCCCCN[C@H]1[C@@H](O)[C@@H](OCCCC)O[C@H](CO)[C@H]1O. The number of hydrogen-bond acceptors (Lipinski definition) is 6. The van der Waals surface area contributed by atoms with Gasteiger partial charge in [0.1, 0.15) is 18.3 Å². The van der Waals surface area contributed by atoms with Gasteiger partial charge in [0.15, 0.2) is 6.29 Å². The van der Waals surface area contributed by atoms with Gasteiger partial charge in [-0.3, -0.25) is 0 Å². The zero-order valence-corrected chi connectivity index (χ0v) is 16.7. The summed E-state index contributed by atoms with van der Waals surface area (Å²) in [4.78, 5) is 0. The van der Waals surface area contributed by atoms with Crippen LogP contribution >= 0.6 is 0 Å². The lowest BCUT2D eigenvalue weighted by Gasteiger charge is -2.42. The van der Waals surface area contributed by atoms with Crippen LogP contribution in [0.15, 0.2) is 0 Å². The molecule has 1 fully saturated rings. The van der Waals surface area contributed by atoms with E-state index in [9.17, 15) is 15.3 Å².